The first kappa shape index (κ1) is 18.7. The van der Waals surface area contributed by atoms with Crippen LogP contribution in [0.3, 0.4) is 0 Å². The number of aliphatic carboxylic acids is 1. The maximum atomic E-state index is 13.2. The second-order valence-corrected chi connectivity index (χ2v) is 6.77. The molecule has 1 atom stereocenters. The first-order valence-electron chi connectivity index (χ1n) is 9.38. The number of rotatable bonds is 6. The van der Waals surface area contributed by atoms with Gasteiger partial charge in [-0.2, -0.15) is 4.98 Å². The molecule has 1 aromatic heterocycles. The summed E-state index contributed by atoms with van der Waals surface area (Å²) in [6, 6.07) is 16.1. The van der Waals surface area contributed by atoms with Gasteiger partial charge in [-0.25, -0.2) is 0 Å². The summed E-state index contributed by atoms with van der Waals surface area (Å²) < 4.78 is 5.48. The molecule has 148 valence electrons. The zero-order chi connectivity index (χ0) is 20.2. The summed E-state index contributed by atoms with van der Waals surface area (Å²) in [5.74, 6) is -0.292. The summed E-state index contributed by atoms with van der Waals surface area (Å²) >= 11 is 0. The van der Waals surface area contributed by atoms with Gasteiger partial charge in [-0.3, -0.25) is 9.59 Å². The van der Waals surface area contributed by atoms with Gasteiger partial charge in [0, 0.05) is 17.8 Å². The van der Waals surface area contributed by atoms with Crippen molar-refractivity contribution in [3.8, 4) is 11.4 Å². The Morgan fingerprint density at radius 2 is 1.90 bits per heavy atom. The number of aromatic nitrogens is 2. The van der Waals surface area contributed by atoms with E-state index in [1.165, 1.54) is 0 Å². The van der Waals surface area contributed by atoms with Gasteiger partial charge in [0.15, 0.2) is 0 Å². The molecule has 8 heteroatoms. The number of hydrogen-bond donors (Lipinski definition) is 2. The van der Waals surface area contributed by atoms with E-state index >= 15 is 0 Å². The maximum Gasteiger partial charge on any atom is 0.322 e. The van der Waals surface area contributed by atoms with Crippen LogP contribution in [-0.2, 0) is 4.79 Å². The predicted octanol–water partition coefficient (Wildman–Crippen LogP) is 3.21. The molecule has 0 aliphatic carbocycles. The molecule has 1 saturated heterocycles. The van der Waals surface area contributed by atoms with Crippen LogP contribution in [0, 0.1) is 0 Å². The second kappa shape index (κ2) is 8.14. The van der Waals surface area contributed by atoms with Gasteiger partial charge in [0.25, 0.3) is 5.91 Å². The molecule has 2 aromatic carbocycles. The first-order chi connectivity index (χ1) is 14.1. The molecule has 0 bridgehead atoms. The Hall–Kier alpha value is -3.68. The minimum Gasteiger partial charge on any atom is -0.480 e. The highest BCUT2D eigenvalue weighted by Gasteiger charge is 2.35. The quantitative estimate of drug-likeness (QED) is 0.663. The smallest absolute Gasteiger partial charge is 0.322 e. The van der Waals surface area contributed by atoms with E-state index in [1.807, 2.05) is 30.3 Å². The molecule has 2 N–H and O–H groups in total. The third-order valence-electron chi connectivity index (χ3n) is 4.86. The summed E-state index contributed by atoms with van der Waals surface area (Å²) in [6.45, 7) is 0.303. The number of benzene rings is 2. The number of nitrogens with zero attached hydrogens (tertiary/aromatic N) is 3. The molecule has 29 heavy (non-hydrogen) atoms. The van der Waals surface area contributed by atoms with Crippen LogP contribution in [0.2, 0.25) is 0 Å². The fourth-order valence-corrected chi connectivity index (χ4v) is 3.49. The molecule has 1 aliphatic heterocycles. The topological polar surface area (TPSA) is 109 Å². The molecule has 1 fully saturated rings. The monoisotopic (exact) mass is 392 g/mol. The third kappa shape index (κ3) is 3.96. The molecule has 4 rings (SSSR count). The van der Waals surface area contributed by atoms with Crippen LogP contribution in [0.25, 0.3) is 11.4 Å². The molecule has 1 unspecified atom stereocenters. The van der Waals surface area contributed by atoms with Crippen molar-refractivity contribution in [3.63, 3.8) is 0 Å². The number of carbonyl (C=O) groups is 2. The highest BCUT2D eigenvalue weighted by atomic mass is 16.5. The van der Waals surface area contributed by atoms with Crippen LogP contribution in [0.4, 0.5) is 5.69 Å². The number of carboxylic acids is 1. The lowest BCUT2D eigenvalue weighted by atomic mass is 10.1. The number of carboxylic acid groups (broad SMARTS) is 1. The van der Waals surface area contributed by atoms with Gasteiger partial charge in [0.05, 0.1) is 5.56 Å². The molecule has 2 heterocycles. The largest absolute Gasteiger partial charge is 0.480 e. The van der Waals surface area contributed by atoms with Crippen molar-refractivity contribution in [1.82, 2.24) is 15.0 Å². The molecule has 3 aromatic rings. The van der Waals surface area contributed by atoms with Crippen LogP contribution in [-0.4, -0.2) is 45.1 Å². The van der Waals surface area contributed by atoms with Crippen molar-refractivity contribution in [2.75, 3.05) is 18.4 Å². The average molecular weight is 392 g/mol. The van der Waals surface area contributed by atoms with E-state index in [0.29, 0.717) is 29.5 Å². The number of likely N-dealkylation sites (tertiary alicyclic amines) is 1. The lowest BCUT2D eigenvalue weighted by molar-refractivity contribution is -0.134. The van der Waals surface area contributed by atoms with Crippen molar-refractivity contribution in [2.45, 2.75) is 18.9 Å². The Bertz CT molecular complexity index is 1020. The summed E-state index contributed by atoms with van der Waals surface area (Å²) in [6.07, 6.45) is 1.55. The Labute approximate surface area is 167 Å². The van der Waals surface area contributed by atoms with Crippen LogP contribution >= 0.6 is 0 Å². The van der Waals surface area contributed by atoms with Crippen molar-refractivity contribution in [2.24, 2.45) is 0 Å². The third-order valence-corrected chi connectivity index (χ3v) is 4.86. The first-order valence-corrected chi connectivity index (χ1v) is 9.38. The molecule has 0 saturated carbocycles. The lowest BCUT2D eigenvalue weighted by Gasteiger charge is -2.23. The van der Waals surface area contributed by atoms with E-state index in [2.05, 4.69) is 15.5 Å². The Kier molecular flexibility index (Phi) is 5.24. The average Bonchev–Trinajstić information content (AvgIpc) is 3.42. The van der Waals surface area contributed by atoms with Gasteiger partial charge >= 0.3 is 5.97 Å². The summed E-state index contributed by atoms with van der Waals surface area (Å²) in [5, 5.41) is 15.8. The fourth-order valence-electron chi connectivity index (χ4n) is 3.49. The molecule has 8 nitrogen and oxygen atoms in total. The number of nitrogens with one attached hydrogen (secondary N) is 1. The van der Waals surface area contributed by atoms with Gasteiger partial charge in [-0.15, -0.1) is 0 Å². The molecular weight excluding hydrogens is 372 g/mol. The second-order valence-electron chi connectivity index (χ2n) is 6.77. The summed E-state index contributed by atoms with van der Waals surface area (Å²) in [4.78, 5) is 30.3. The number of carbonyl (C=O) groups excluding carboxylic acids is 1. The van der Waals surface area contributed by atoms with E-state index in [9.17, 15) is 9.59 Å². The highest BCUT2D eigenvalue weighted by Crippen LogP contribution is 2.34. The van der Waals surface area contributed by atoms with Crippen LogP contribution in [0.15, 0.2) is 59.1 Å². The number of amides is 1. The molecule has 1 aliphatic rings. The van der Waals surface area contributed by atoms with E-state index in [-0.39, 0.29) is 18.5 Å². The van der Waals surface area contributed by atoms with E-state index in [0.717, 1.165) is 18.4 Å². The van der Waals surface area contributed by atoms with Crippen molar-refractivity contribution in [1.29, 1.82) is 0 Å². The molecule has 0 radical (unpaired) electrons. The van der Waals surface area contributed by atoms with Crippen molar-refractivity contribution >= 4 is 17.6 Å². The summed E-state index contributed by atoms with van der Waals surface area (Å²) in [7, 11) is 0. The molecule has 0 spiro atoms. The number of hydrogen-bond acceptors (Lipinski definition) is 6. The minimum absolute atomic E-state index is 0.194. The number of para-hydroxylation sites is 1. The zero-order valence-electron chi connectivity index (χ0n) is 15.6. The van der Waals surface area contributed by atoms with Crippen molar-refractivity contribution in [3.05, 3.63) is 66.1 Å². The fraction of sp³-hybridized carbons (Fsp3) is 0.238. The van der Waals surface area contributed by atoms with Gasteiger partial charge in [-0.1, -0.05) is 47.6 Å². The van der Waals surface area contributed by atoms with Gasteiger partial charge in [0.2, 0.25) is 11.7 Å². The summed E-state index contributed by atoms with van der Waals surface area (Å²) in [5.41, 5.74) is 1.76. The highest BCUT2D eigenvalue weighted by molar-refractivity contribution is 6.00. The van der Waals surface area contributed by atoms with Crippen LogP contribution in [0.5, 0.6) is 0 Å². The lowest BCUT2D eigenvalue weighted by Crippen LogP contribution is -2.31. The minimum atomic E-state index is -0.995. The standard InChI is InChI=1S/C21H20N4O4/c26-18(27)13-22-16-10-5-4-9-15(16)21(28)25-12-6-11-17(25)20-23-19(24-29-20)14-7-2-1-3-8-14/h1-5,7-10,17,22H,6,11-13H2,(H,26,27). The van der Waals surface area contributed by atoms with Crippen LogP contribution in [0.1, 0.15) is 35.1 Å². The van der Waals surface area contributed by atoms with Gasteiger partial charge in [0.1, 0.15) is 12.6 Å². The molecular formula is C21H20N4O4. The Morgan fingerprint density at radius 3 is 2.69 bits per heavy atom. The van der Waals surface area contributed by atoms with Gasteiger partial charge in [-0.05, 0) is 25.0 Å². The Balaban J connectivity index is 1.57. The molecule has 1 amide bonds. The number of anilines is 1. The van der Waals surface area contributed by atoms with Crippen molar-refractivity contribution < 1.29 is 19.2 Å². The maximum absolute atomic E-state index is 13.2. The van der Waals surface area contributed by atoms with E-state index in [4.69, 9.17) is 9.63 Å². The SMILES string of the molecule is O=C(O)CNc1ccccc1C(=O)N1CCCC1c1nc(-c2ccccc2)no1. The Morgan fingerprint density at radius 1 is 1.14 bits per heavy atom. The normalized spacial score (nSPS) is 16.0. The van der Waals surface area contributed by atoms with E-state index in [1.54, 1.807) is 29.2 Å². The zero-order valence-corrected chi connectivity index (χ0v) is 15.6. The van der Waals surface area contributed by atoms with Crippen LogP contribution < -0.4 is 5.32 Å². The van der Waals surface area contributed by atoms with Gasteiger partial charge < -0.3 is 19.8 Å². The predicted molar refractivity (Wildman–Crippen MR) is 105 cm³/mol. The van der Waals surface area contributed by atoms with E-state index < -0.39 is 5.97 Å².